The van der Waals surface area contributed by atoms with Gasteiger partial charge in [-0.25, -0.2) is 0 Å². The molecule has 2 atom stereocenters. The van der Waals surface area contributed by atoms with Gasteiger partial charge in [0.05, 0.1) is 0 Å². The number of rotatable bonds is 4. The van der Waals surface area contributed by atoms with Crippen molar-refractivity contribution in [3.05, 3.63) is 30.1 Å². The highest BCUT2D eigenvalue weighted by Crippen LogP contribution is 2.20. The third kappa shape index (κ3) is 3.01. The maximum Gasteiger partial charge on any atom is 0.0445 e. The van der Waals surface area contributed by atoms with Crippen molar-refractivity contribution >= 4 is 0 Å². The lowest BCUT2D eigenvalue weighted by molar-refractivity contribution is 0.269. The molecule has 0 aliphatic carbocycles. The van der Waals surface area contributed by atoms with Gasteiger partial charge >= 0.3 is 0 Å². The predicted molar refractivity (Wildman–Crippen MR) is 59.5 cm³/mol. The van der Waals surface area contributed by atoms with Gasteiger partial charge in [-0.3, -0.25) is 4.98 Å². The molecule has 15 heavy (non-hydrogen) atoms. The Bertz CT molecular complexity index is 289. The van der Waals surface area contributed by atoms with E-state index in [1.807, 2.05) is 12.4 Å². The predicted octanol–water partition coefficient (Wildman–Crippen LogP) is 0.985. The van der Waals surface area contributed by atoms with Gasteiger partial charge in [0, 0.05) is 25.0 Å². The van der Waals surface area contributed by atoms with Crippen LogP contribution in [0.4, 0.5) is 0 Å². The Balaban J connectivity index is 1.82. The van der Waals surface area contributed by atoms with Crippen molar-refractivity contribution in [1.82, 2.24) is 10.3 Å². The molecule has 0 bridgehead atoms. The normalized spacial score (nSPS) is 25.7. The van der Waals surface area contributed by atoms with Crippen molar-refractivity contribution in [3.63, 3.8) is 0 Å². The quantitative estimate of drug-likeness (QED) is 0.772. The Kier molecular flexibility index (Phi) is 3.69. The van der Waals surface area contributed by atoms with Gasteiger partial charge in [-0.1, -0.05) is 0 Å². The van der Waals surface area contributed by atoms with Crippen LogP contribution in [0.2, 0.25) is 0 Å². The van der Waals surface area contributed by atoms with Crippen molar-refractivity contribution < 1.29 is 5.11 Å². The summed E-state index contributed by atoms with van der Waals surface area (Å²) in [4.78, 5) is 4.02. The van der Waals surface area contributed by atoms with Crippen LogP contribution < -0.4 is 5.32 Å². The van der Waals surface area contributed by atoms with E-state index >= 15 is 0 Å². The first-order valence-electron chi connectivity index (χ1n) is 5.61. The minimum atomic E-state index is 0.291. The number of nitrogens with one attached hydrogen (secondary N) is 1. The van der Waals surface area contributed by atoms with E-state index in [9.17, 15) is 0 Å². The van der Waals surface area contributed by atoms with Crippen molar-refractivity contribution in [2.45, 2.75) is 25.3 Å². The summed E-state index contributed by atoms with van der Waals surface area (Å²) < 4.78 is 0. The van der Waals surface area contributed by atoms with Crippen molar-refractivity contribution in [3.8, 4) is 0 Å². The van der Waals surface area contributed by atoms with E-state index in [0.717, 1.165) is 19.4 Å². The Morgan fingerprint density at radius 3 is 2.93 bits per heavy atom. The molecule has 3 nitrogen and oxygen atoms in total. The first-order chi connectivity index (χ1) is 7.38. The standard InChI is InChI=1S/C12H18N2O/c15-6-3-12-8-11(9-14-12)7-10-1-4-13-5-2-10/h1-2,4-5,11-12,14-15H,3,6-9H2/t11-,12+/m1/s1. The van der Waals surface area contributed by atoms with Gasteiger partial charge in [-0.15, -0.1) is 0 Å². The molecule has 1 aliphatic rings. The van der Waals surface area contributed by atoms with E-state index in [2.05, 4.69) is 22.4 Å². The molecular formula is C12H18N2O. The highest BCUT2D eigenvalue weighted by Gasteiger charge is 2.23. The zero-order chi connectivity index (χ0) is 10.5. The van der Waals surface area contributed by atoms with Crippen LogP contribution in [0.1, 0.15) is 18.4 Å². The van der Waals surface area contributed by atoms with Crippen LogP contribution in [0, 0.1) is 5.92 Å². The fourth-order valence-electron chi connectivity index (χ4n) is 2.29. The van der Waals surface area contributed by atoms with Gasteiger partial charge in [-0.05, 0) is 49.4 Å². The van der Waals surface area contributed by atoms with E-state index in [1.165, 1.54) is 12.0 Å². The lowest BCUT2D eigenvalue weighted by atomic mass is 9.96. The molecule has 3 heteroatoms. The second-order valence-corrected chi connectivity index (χ2v) is 4.28. The molecular weight excluding hydrogens is 188 g/mol. The van der Waals surface area contributed by atoms with Gasteiger partial charge < -0.3 is 10.4 Å². The second kappa shape index (κ2) is 5.24. The van der Waals surface area contributed by atoms with Crippen LogP contribution in [-0.2, 0) is 6.42 Å². The topological polar surface area (TPSA) is 45.2 Å². The van der Waals surface area contributed by atoms with Gasteiger partial charge in [-0.2, -0.15) is 0 Å². The van der Waals surface area contributed by atoms with E-state index in [-0.39, 0.29) is 0 Å². The molecule has 0 unspecified atom stereocenters. The van der Waals surface area contributed by atoms with Crippen molar-refractivity contribution in [1.29, 1.82) is 0 Å². The molecule has 1 aromatic rings. The van der Waals surface area contributed by atoms with Crippen LogP contribution in [-0.4, -0.2) is 29.3 Å². The minimum absolute atomic E-state index is 0.291. The summed E-state index contributed by atoms with van der Waals surface area (Å²) in [7, 11) is 0. The molecule has 1 fully saturated rings. The van der Waals surface area contributed by atoms with Crippen molar-refractivity contribution in [2.75, 3.05) is 13.2 Å². The van der Waals surface area contributed by atoms with Crippen LogP contribution in [0.25, 0.3) is 0 Å². The lowest BCUT2D eigenvalue weighted by Crippen LogP contribution is -2.22. The summed E-state index contributed by atoms with van der Waals surface area (Å²) in [6.07, 6.45) is 6.89. The number of hydrogen-bond donors (Lipinski definition) is 2. The number of aromatic nitrogens is 1. The molecule has 2 N–H and O–H groups in total. The number of nitrogens with zero attached hydrogens (tertiary/aromatic N) is 1. The smallest absolute Gasteiger partial charge is 0.0445 e. The summed E-state index contributed by atoms with van der Waals surface area (Å²) in [6, 6.07) is 4.68. The van der Waals surface area contributed by atoms with Gasteiger partial charge in [0.2, 0.25) is 0 Å². The molecule has 0 amide bonds. The fourth-order valence-corrected chi connectivity index (χ4v) is 2.29. The van der Waals surface area contributed by atoms with E-state index in [0.29, 0.717) is 18.6 Å². The zero-order valence-corrected chi connectivity index (χ0v) is 8.89. The summed E-state index contributed by atoms with van der Waals surface area (Å²) >= 11 is 0. The number of hydrogen-bond acceptors (Lipinski definition) is 3. The fraction of sp³-hybridized carbons (Fsp3) is 0.583. The van der Waals surface area contributed by atoms with Gasteiger partial charge in [0.1, 0.15) is 0 Å². The number of pyridine rings is 1. The van der Waals surface area contributed by atoms with Crippen LogP contribution in [0.15, 0.2) is 24.5 Å². The van der Waals surface area contributed by atoms with Crippen LogP contribution >= 0.6 is 0 Å². The summed E-state index contributed by atoms with van der Waals surface area (Å²) in [5.41, 5.74) is 1.36. The molecule has 1 saturated heterocycles. The maximum atomic E-state index is 8.85. The van der Waals surface area contributed by atoms with Gasteiger partial charge in [0.25, 0.3) is 0 Å². The molecule has 0 spiro atoms. The SMILES string of the molecule is OCC[C@H]1C[C@@H](Cc2ccncc2)CN1. The Morgan fingerprint density at radius 1 is 1.40 bits per heavy atom. The largest absolute Gasteiger partial charge is 0.396 e. The molecule has 0 saturated carbocycles. The first-order valence-corrected chi connectivity index (χ1v) is 5.61. The zero-order valence-electron chi connectivity index (χ0n) is 8.89. The number of aliphatic hydroxyl groups is 1. The monoisotopic (exact) mass is 206 g/mol. The average molecular weight is 206 g/mol. The average Bonchev–Trinajstić information content (AvgIpc) is 2.68. The van der Waals surface area contributed by atoms with Crippen LogP contribution in [0.5, 0.6) is 0 Å². The van der Waals surface area contributed by atoms with E-state index in [4.69, 9.17) is 5.11 Å². The molecule has 0 radical (unpaired) electrons. The Hall–Kier alpha value is -0.930. The molecule has 0 aromatic carbocycles. The molecule has 1 aliphatic heterocycles. The van der Waals surface area contributed by atoms with E-state index < -0.39 is 0 Å². The molecule has 82 valence electrons. The summed E-state index contributed by atoms with van der Waals surface area (Å²) in [6.45, 7) is 1.37. The first kappa shape index (κ1) is 10.6. The Labute approximate surface area is 90.5 Å². The van der Waals surface area contributed by atoms with E-state index in [1.54, 1.807) is 0 Å². The lowest BCUT2D eigenvalue weighted by Gasteiger charge is -2.09. The summed E-state index contributed by atoms with van der Waals surface area (Å²) in [5.74, 6) is 0.712. The summed E-state index contributed by atoms with van der Waals surface area (Å²) in [5, 5.41) is 12.3. The third-order valence-electron chi connectivity index (χ3n) is 3.06. The van der Waals surface area contributed by atoms with Crippen LogP contribution in [0.3, 0.4) is 0 Å². The molecule has 1 aromatic heterocycles. The Morgan fingerprint density at radius 2 is 2.20 bits per heavy atom. The van der Waals surface area contributed by atoms with Crippen molar-refractivity contribution in [2.24, 2.45) is 5.92 Å². The minimum Gasteiger partial charge on any atom is -0.396 e. The molecule has 2 heterocycles. The second-order valence-electron chi connectivity index (χ2n) is 4.28. The number of aliphatic hydroxyl groups excluding tert-OH is 1. The maximum absolute atomic E-state index is 8.85. The highest BCUT2D eigenvalue weighted by atomic mass is 16.3. The molecule has 2 rings (SSSR count). The third-order valence-corrected chi connectivity index (χ3v) is 3.06. The highest BCUT2D eigenvalue weighted by molar-refractivity contribution is 5.11. The van der Waals surface area contributed by atoms with Gasteiger partial charge in [0.15, 0.2) is 0 Å².